The van der Waals surface area contributed by atoms with Gasteiger partial charge >= 0.3 is 0 Å². The summed E-state index contributed by atoms with van der Waals surface area (Å²) in [6.07, 6.45) is 5.55. The Hall–Kier alpha value is -1.11. The molecule has 0 unspecified atom stereocenters. The van der Waals surface area contributed by atoms with Gasteiger partial charge < -0.3 is 10.6 Å². The highest BCUT2D eigenvalue weighted by molar-refractivity contribution is 14.1. The molecule has 0 aliphatic heterocycles. The molecular formula is C16H21IN2O2. The molecular weight excluding hydrogens is 379 g/mol. The van der Waals surface area contributed by atoms with Gasteiger partial charge in [-0.2, -0.15) is 0 Å². The van der Waals surface area contributed by atoms with Crippen molar-refractivity contribution in [3.63, 3.8) is 0 Å². The van der Waals surface area contributed by atoms with Crippen LogP contribution in [0.4, 0.5) is 0 Å². The molecule has 5 heteroatoms. The Labute approximate surface area is 139 Å². The molecule has 2 amide bonds. The molecule has 1 aliphatic rings. The predicted octanol–water partition coefficient (Wildman–Crippen LogP) is 2.72. The normalized spacial score (nSPS) is 15.5. The predicted molar refractivity (Wildman–Crippen MR) is 91.1 cm³/mol. The quantitative estimate of drug-likeness (QED) is 0.590. The Morgan fingerprint density at radius 2 is 1.71 bits per heavy atom. The lowest BCUT2D eigenvalue weighted by Gasteiger charge is -2.20. The van der Waals surface area contributed by atoms with Gasteiger partial charge in [-0.3, -0.25) is 9.59 Å². The summed E-state index contributed by atoms with van der Waals surface area (Å²) >= 11 is 2.15. The maximum Gasteiger partial charge on any atom is 0.252 e. The summed E-state index contributed by atoms with van der Waals surface area (Å²) in [6.45, 7) is 0.951. The average Bonchev–Trinajstić information content (AvgIpc) is 2.52. The van der Waals surface area contributed by atoms with Gasteiger partial charge in [-0.25, -0.2) is 0 Å². The zero-order chi connectivity index (χ0) is 15.1. The first kappa shape index (κ1) is 16.3. The van der Waals surface area contributed by atoms with Gasteiger partial charge in [0.15, 0.2) is 0 Å². The minimum absolute atomic E-state index is 0.0908. The van der Waals surface area contributed by atoms with Crippen molar-refractivity contribution in [2.75, 3.05) is 13.1 Å². The topological polar surface area (TPSA) is 58.2 Å². The first-order valence-corrected chi connectivity index (χ1v) is 8.57. The third kappa shape index (κ3) is 4.98. The van der Waals surface area contributed by atoms with Crippen LogP contribution in [-0.2, 0) is 4.79 Å². The molecule has 1 saturated carbocycles. The van der Waals surface area contributed by atoms with E-state index in [1.54, 1.807) is 6.07 Å². The lowest BCUT2D eigenvalue weighted by molar-refractivity contribution is -0.125. The number of hydrogen-bond acceptors (Lipinski definition) is 2. The molecule has 0 saturated heterocycles. The number of rotatable bonds is 5. The van der Waals surface area contributed by atoms with Gasteiger partial charge in [0.1, 0.15) is 0 Å². The van der Waals surface area contributed by atoms with Crippen LogP contribution in [0.2, 0.25) is 0 Å². The third-order valence-corrected chi connectivity index (χ3v) is 4.74. The lowest BCUT2D eigenvalue weighted by atomic mass is 9.89. The molecule has 21 heavy (non-hydrogen) atoms. The molecule has 1 aromatic carbocycles. The van der Waals surface area contributed by atoms with E-state index in [-0.39, 0.29) is 17.7 Å². The molecule has 0 atom stereocenters. The number of benzene rings is 1. The molecule has 0 spiro atoms. The van der Waals surface area contributed by atoms with E-state index in [1.165, 1.54) is 6.42 Å². The fourth-order valence-electron chi connectivity index (χ4n) is 2.61. The van der Waals surface area contributed by atoms with Crippen LogP contribution in [0.15, 0.2) is 24.3 Å². The summed E-state index contributed by atoms with van der Waals surface area (Å²) < 4.78 is 0.929. The minimum Gasteiger partial charge on any atom is -0.354 e. The molecule has 0 aromatic heterocycles. The third-order valence-electron chi connectivity index (χ3n) is 3.80. The molecule has 1 aromatic rings. The smallest absolute Gasteiger partial charge is 0.252 e. The summed E-state index contributed by atoms with van der Waals surface area (Å²) in [5.74, 6) is 0.217. The van der Waals surface area contributed by atoms with Crippen LogP contribution in [-0.4, -0.2) is 24.9 Å². The SMILES string of the molecule is O=C(NCCNC(=O)C1CCCCC1)c1ccccc1I. The average molecular weight is 400 g/mol. The van der Waals surface area contributed by atoms with E-state index in [0.29, 0.717) is 18.7 Å². The Balaban J connectivity index is 1.68. The van der Waals surface area contributed by atoms with Crippen molar-refractivity contribution in [2.24, 2.45) is 5.92 Å². The molecule has 2 rings (SSSR count). The van der Waals surface area contributed by atoms with Crippen LogP contribution < -0.4 is 10.6 Å². The van der Waals surface area contributed by atoms with Crippen molar-refractivity contribution in [2.45, 2.75) is 32.1 Å². The van der Waals surface area contributed by atoms with Gasteiger partial charge in [-0.1, -0.05) is 31.4 Å². The monoisotopic (exact) mass is 400 g/mol. The first-order chi connectivity index (χ1) is 10.2. The van der Waals surface area contributed by atoms with Crippen LogP contribution in [0.5, 0.6) is 0 Å². The summed E-state index contributed by atoms with van der Waals surface area (Å²) in [5.41, 5.74) is 0.678. The summed E-state index contributed by atoms with van der Waals surface area (Å²) in [5, 5.41) is 5.76. The van der Waals surface area contributed by atoms with Gasteiger partial charge in [0.05, 0.1) is 5.56 Å². The van der Waals surface area contributed by atoms with E-state index in [1.807, 2.05) is 18.2 Å². The van der Waals surface area contributed by atoms with Gasteiger partial charge in [-0.15, -0.1) is 0 Å². The van der Waals surface area contributed by atoms with Crippen molar-refractivity contribution < 1.29 is 9.59 Å². The first-order valence-electron chi connectivity index (χ1n) is 7.49. The maximum atomic E-state index is 12.0. The number of nitrogens with one attached hydrogen (secondary N) is 2. The van der Waals surface area contributed by atoms with Crippen molar-refractivity contribution >= 4 is 34.4 Å². The maximum absolute atomic E-state index is 12.0. The van der Waals surface area contributed by atoms with Crippen molar-refractivity contribution in [1.82, 2.24) is 10.6 Å². The van der Waals surface area contributed by atoms with E-state index in [4.69, 9.17) is 0 Å². The Morgan fingerprint density at radius 1 is 1.05 bits per heavy atom. The van der Waals surface area contributed by atoms with Crippen molar-refractivity contribution in [3.8, 4) is 0 Å². The molecule has 114 valence electrons. The van der Waals surface area contributed by atoms with Gasteiger partial charge in [0.25, 0.3) is 5.91 Å². The second-order valence-electron chi connectivity index (χ2n) is 5.36. The van der Waals surface area contributed by atoms with Gasteiger partial charge in [0, 0.05) is 22.6 Å². The molecule has 0 radical (unpaired) electrons. The molecule has 1 aliphatic carbocycles. The molecule has 2 N–H and O–H groups in total. The van der Waals surface area contributed by atoms with E-state index >= 15 is 0 Å². The molecule has 1 fully saturated rings. The Morgan fingerprint density at radius 3 is 2.43 bits per heavy atom. The van der Waals surface area contributed by atoms with Crippen LogP contribution in [0.1, 0.15) is 42.5 Å². The molecule has 4 nitrogen and oxygen atoms in total. The van der Waals surface area contributed by atoms with E-state index in [2.05, 4.69) is 33.2 Å². The number of hydrogen-bond donors (Lipinski definition) is 2. The summed E-state index contributed by atoms with van der Waals surface area (Å²) in [4.78, 5) is 23.9. The number of carbonyl (C=O) groups excluding carboxylic acids is 2. The molecule has 0 heterocycles. The highest BCUT2D eigenvalue weighted by atomic mass is 127. The fraction of sp³-hybridized carbons (Fsp3) is 0.500. The summed E-state index contributed by atoms with van der Waals surface area (Å²) in [6, 6.07) is 7.46. The van der Waals surface area contributed by atoms with E-state index < -0.39 is 0 Å². The minimum atomic E-state index is -0.0908. The zero-order valence-corrected chi connectivity index (χ0v) is 14.2. The van der Waals surface area contributed by atoms with Crippen LogP contribution in [0.3, 0.4) is 0 Å². The highest BCUT2D eigenvalue weighted by Gasteiger charge is 2.20. The Bertz CT molecular complexity index is 499. The zero-order valence-electron chi connectivity index (χ0n) is 12.0. The summed E-state index contributed by atoms with van der Waals surface area (Å²) in [7, 11) is 0. The second kappa shape index (κ2) is 8.36. The van der Waals surface area contributed by atoms with E-state index in [0.717, 1.165) is 29.3 Å². The lowest BCUT2D eigenvalue weighted by Crippen LogP contribution is -2.38. The fourth-order valence-corrected chi connectivity index (χ4v) is 3.24. The van der Waals surface area contributed by atoms with Crippen LogP contribution in [0.25, 0.3) is 0 Å². The standard InChI is InChI=1S/C16H21IN2O2/c17-14-9-5-4-8-13(14)16(21)19-11-10-18-15(20)12-6-2-1-3-7-12/h4-5,8-9,12H,1-3,6-7,10-11H2,(H,18,20)(H,19,21). The molecule has 0 bridgehead atoms. The number of carbonyl (C=O) groups is 2. The van der Waals surface area contributed by atoms with Crippen LogP contribution in [0, 0.1) is 9.49 Å². The number of halogens is 1. The van der Waals surface area contributed by atoms with Crippen molar-refractivity contribution in [1.29, 1.82) is 0 Å². The van der Waals surface area contributed by atoms with Gasteiger partial charge in [-0.05, 0) is 47.6 Å². The second-order valence-corrected chi connectivity index (χ2v) is 6.52. The highest BCUT2D eigenvalue weighted by Crippen LogP contribution is 2.23. The Kier molecular flexibility index (Phi) is 6.48. The van der Waals surface area contributed by atoms with Crippen molar-refractivity contribution in [3.05, 3.63) is 33.4 Å². The van der Waals surface area contributed by atoms with Crippen LogP contribution >= 0.6 is 22.6 Å². The largest absolute Gasteiger partial charge is 0.354 e. The van der Waals surface area contributed by atoms with Gasteiger partial charge in [0.2, 0.25) is 5.91 Å². The van der Waals surface area contributed by atoms with E-state index in [9.17, 15) is 9.59 Å². The number of amides is 2.